The van der Waals surface area contributed by atoms with Gasteiger partial charge in [0.05, 0.1) is 7.11 Å². The molecule has 0 radical (unpaired) electrons. The highest BCUT2D eigenvalue weighted by Crippen LogP contribution is 2.28. The summed E-state index contributed by atoms with van der Waals surface area (Å²) in [5.74, 6) is 0.827. The van der Waals surface area contributed by atoms with Crippen LogP contribution in [0.3, 0.4) is 0 Å². The summed E-state index contributed by atoms with van der Waals surface area (Å²) in [5.41, 5.74) is 0. The van der Waals surface area contributed by atoms with Crippen molar-refractivity contribution in [2.45, 2.75) is 0 Å². The molecule has 0 unspecified atom stereocenters. The molecule has 0 spiro atoms. The normalized spacial score (nSPS) is 9.94. The monoisotopic (exact) mass is 228 g/mol. The fourth-order valence-electron chi connectivity index (χ4n) is 1.60. The number of methoxy groups -OCH3 is 1. The Bertz CT molecular complexity index is 573. The van der Waals surface area contributed by atoms with Crippen LogP contribution in [-0.2, 0) is 4.79 Å². The second-order valence-corrected chi connectivity index (χ2v) is 3.47. The molecule has 2 aromatic rings. The van der Waals surface area contributed by atoms with E-state index in [1.165, 1.54) is 0 Å². The highest BCUT2D eigenvalue weighted by atomic mass is 16.5. The van der Waals surface area contributed by atoms with Crippen molar-refractivity contribution in [1.82, 2.24) is 0 Å². The first kappa shape index (κ1) is 11.2. The van der Waals surface area contributed by atoms with Crippen LogP contribution in [0.5, 0.6) is 11.5 Å². The zero-order valence-corrected chi connectivity index (χ0v) is 9.47. The minimum atomic E-state index is -0.465. The number of benzene rings is 2. The van der Waals surface area contributed by atoms with Gasteiger partial charge < -0.3 is 9.47 Å². The second kappa shape index (κ2) is 4.70. The maximum atomic E-state index is 11.2. The van der Waals surface area contributed by atoms with Gasteiger partial charge in [0.15, 0.2) is 0 Å². The Hall–Kier alpha value is -2.29. The van der Waals surface area contributed by atoms with E-state index in [0.29, 0.717) is 5.75 Å². The van der Waals surface area contributed by atoms with Gasteiger partial charge in [0.1, 0.15) is 11.5 Å². The number of ether oxygens (including phenoxy) is 2. The van der Waals surface area contributed by atoms with Gasteiger partial charge in [-0.1, -0.05) is 18.7 Å². The Kier molecular flexibility index (Phi) is 3.10. The molecule has 3 nitrogen and oxygen atoms in total. The minimum Gasteiger partial charge on any atom is -0.497 e. The summed E-state index contributed by atoms with van der Waals surface area (Å²) in [6, 6.07) is 11.1. The lowest BCUT2D eigenvalue weighted by Crippen LogP contribution is -2.03. The summed E-state index contributed by atoms with van der Waals surface area (Å²) in [6.07, 6.45) is 1.14. The first-order valence-electron chi connectivity index (χ1n) is 5.15. The predicted octanol–water partition coefficient (Wildman–Crippen LogP) is 2.94. The highest BCUT2D eigenvalue weighted by molar-refractivity contribution is 5.93. The largest absolute Gasteiger partial charge is 0.497 e. The van der Waals surface area contributed by atoms with Crippen LogP contribution in [0.25, 0.3) is 10.8 Å². The van der Waals surface area contributed by atoms with Crippen molar-refractivity contribution in [1.29, 1.82) is 0 Å². The van der Waals surface area contributed by atoms with Gasteiger partial charge in [-0.3, -0.25) is 0 Å². The summed E-state index contributed by atoms with van der Waals surface area (Å²) in [7, 11) is 1.61. The summed E-state index contributed by atoms with van der Waals surface area (Å²) in [4.78, 5) is 11.2. The second-order valence-electron chi connectivity index (χ2n) is 3.47. The van der Waals surface area contributed by atoms with Crippen molar-refractivity contribution in [2.24, 2.45) is 0 Å². The molecule has 2 rings (SSSR count). The molecule has 17 heavy (non-hydrogen) atoms. The van der Waals surface area contributed by atoms with Gasteiger partial charge in [-0.05, 0) is 29.7 Å². The molecule has 0 saturated carbocycles. The first-order chi connectivity index (χ1) is 8.24. The van der Waals surface area contributed by atoms with Crippen molar-refractivity contribution >= 4 is 16.7 Å². The van der Waals surface area contributed by atoms with E-state index in [4.69, 9.17) is 9.47 Å². The van der Waals surface area contributed by atoms with Gasteiger partial charge in [-0.2, -0.15) is 0 Å². The number of fused-ring (bicyclic) bond motifs is 1. The van der Waals surface area contributed by atoms with E-state index in [2.05, 4.69) is 6.58 Å². The van der Waals surface area contributed by atoms with Crippen LogP contribution in [-0.4, -0.2) is 13.1 Å². The van der Waals surface area contributed by atoms with Crippen molar-refractivity contribution in [3.63, 3.8) is 0 Å². The van der Waals surface area contributed by atoms with Crippen LogP contribution in [0.2, 0.25) is 0 Å². The predicted molar refractivity (Wildman–Crippen MR) is 66.3 cm³/mol. The lowest BCUT2D eigenvalue weighted by atomic mass is 10.1. The molecule has 0 saturated heterocycles. The van der Waals surface area contributed by atoms with Crippen LogP contribution in [0.4, 0.5) is 0 Å². The lowest BCUT2D eigenvalue weighted by Gasteiger charge is -2.07. The van der Waals surface area contributed by atoms with Gasteiger partial charge in [-0.25, -0.2) is 4.79 Å². The van der Waals surface area contributed by atoms with Crippen LogP contribution in [0.15, 0.2) is 49.1 Å². The van der Waals surface area contributed by atoms with E-state index in [1.807, 2.05) is 30.3 Å². The van der Waals surface area contributed by atoms with Crippen molar-refractivity contribution < 1.29 is 14.3 Å². The highest BCUT2D eigenvalue weighted by Gasteiger charge is 2.05. The van der Waals surface area contributed by atoms with E-state index < -0.39 is 5.97 Å². The Balaban J connectivity index is 2.50. The molecule has 86 valence electrons. The van der Waals surface area contributed by atoms with Crippen molar-refractivity contribution in [3.8, 4) is 11.5 Å². The smallest absolute Gasteiger partial charge is 0.335 e. The van der Waals surface area contributed by atoms with Crippen molar-refractivity contribution in [3.05, 3.63) is 49.1 Å². The molecule has 0 fully saturated rings. The molecular formula is C14H12O3. The zero-order chi connectivity index (χ0) is 12.3. The Labute approximate surface area is 99.3 Å². The summed E-state index contributed by atoms with van der Waals surface area (Å²) in [5, 5.41) is 1.82. The molecule has 2 aromatic carbocycles. The number of hydrogen-bond donors (Lipinski definition) is 0. The van der Waals surface area contributed by atoms with Crippen molar-refractivity contribution in [2.75, 3.05) is 7.11 Å². The third kappa shape index (κ3) is 2.28. The Morgan fingerprint density at radius 3 is 2.82 bits per heavy atom. The number of carbonyl (C=O) groups excluding carboxylic acids is 1. The average Bonchev–Trinajstić information content (AvgIpc) is 2.38. The third-order valence-corrected chi connectivity index (χ3v) is 2.42. The number of carbonyl (C=O) groups is 1. The van der Waals surface area contributed by atoms with E-state index in [0.717, 1.165) is 22.6 Å². The quantitative estimate of drug-likeness (QED) is 0.460. The van der Waals surface area contributed by atoms with E-state index in [1.54, 1.807) is 13.2 Å². The average molecular weight is 228 g/mol. The molecular weight excluding hydrogens is 216 g/mol. The molecule has 0 aromatic heterocycles. The van der Waals surface area contributed by atoms with E-state index >= 15 is 0 Å². The minimum absolute atomic E-state index is 0.465. The van der Waals surface area contributed by atoms with Crippen LogP contribution >= 0.6 is 0 Å². The Morgan fingerprint density at radius 1 is 1.29 bits per heavy atom. The third-order valence-electron chi connectivity index (χ3n) is 2.42. The topological polar surface area (TPSA) is 35.5 Å². The first-order valence-corrected chi connectivity index (χ1v) is 5.15. The van der Waals surface area contributed by atoms with Crippen LogP contribution < -0.4 is 9.47 Å². The molecule has 0 heterocycles. The van der Waals surface area contributed by atoms with Gasteiger partial charge in [0, 0.05) is 11.5 Å². The van der Waals surface area contributed by atoms with Crippen LogP contribution in [0, 0.1) is 0 Å². The fraction of sp³-hybridized carbons (Fsp3) is 0.0714. The Morgan fingerprint density at radius 2 is 2.12 bits per heavy atom. The van der Waals surface area contributed by atoms with Crippen LogP contribution in [0.1, 0.15) is 0 Å². The maximum absolute atomic E-state index is 11.2. The molecule has 0 aliphatic carbocycles. The SMILES string of the molecule is C=CC(=O)Oc1cccc2cc(OC)ccc12. The molecule has 0 aliphatic rings. The van der Waals surface area contributed by atoms with Gasteiger partial charge in [-0.15, -0.1) is 0 Å². The summed E-state index contributed by atoms with van der Waals surface area (Å²) in [6.45, 7) is 3.37. The number of hydrogen-bond acceptors (Lipinski definition) is 3. The molecule has 0 amide bonds. The zero-order valence-electron chi connectivity index (χ0n) is 9.47. The molecule has 3 heteroatoms. The summed E-state index contributed by atoms with van der Waals surface area (Å²) >= 11 is 0. The number of rotatable bonds is 3. The maximum Gasteiger partial charge on any atom is 0.335 e. The molecule has 0 atom stereocenters. The standard InChI is InChI=1S/C14H12O3/c1-3-14(15)17-13-6-4-5-10-9-11(16-2)7-8-12(10)13/h3-9H,1H2,2H3. The molecule has 0 aliphatic heterocycles. The van der Waals surface area contributed by atoms with Gasteiger partial charge >= 0.3 is 5.97 Å². The lowest BCUT2D eigenvalue weighted by molar-refractivity contribution is -0.128. The summed E-state index contributed by atoms with van der Waals surface area (Å²) < 4.78 is 10.3. The van der Waals surface area contributed by atoms with E-state index in [-0.39, 0.29) is 0 Å². The van der Waals surface area contributed by atoms with Gasteiger partial charge in [0.25, 0.3) is 0 Å². The number of esters is 1. The molecule has 0 N–H and O–H groups in total. The van der Waals surface area contributed by atoms with Gasteiger partial charge in [0.2, 0.25) is 0 Å². The fourth-order valence-corrected chi connectivity index (χ4v) is 1.60. The van der Waals surface area contributed by atoms with E-state index in [9.17, 15) is 4.79 Å². The molecule has 0 bridgehead atoms.